The standard InChI is InChI=1S/C22H29NO3S2/c1-2-9-26-21(25)15-5-3-8-19(14-15)23-20(24)16-12-17-6-4-7-18(13-16)22(17)27-10-11-28-22/h3,5,8,14,16-18H,2,4,6-7,9-13H2,1H3,(H,23,24). The van der Waals surface area contributed by atoms with E-state index < -0.39 is 0 Å². The maximum absolute atomic E-state index is 13.0. The van der Waals surface area contributed by atoms with Crippen LogP contribution in [-0.2, 0) is 9.53 Å². The van der Waals surface area contributed by atoms with Gasteiger partial charge >= 0.3 is 5.97 Å². The number of esters is 1. The summed E-state index contributed by atoms with van der Waals surface area (Å²) in [5.41, 5.74) is 1.18. The molecule has 3 aliphatic rings. The van der Waals surface area contributed by atoms with Crippen molar-refractivity contribution in [3.05, 3.63) is 29.8 Å². The summed E-state index contributed by atoms with van der Waals surface area (Å²) in [5, 5.41) is 3.07. The fourth-order valence-electron chi connectivity index (χ4n) is 5.07. The lowest BCUT2D eigenvalue weighted by Crippen LogP contribution is -2.48. The zero-order valence-electron chi connectivity index (χ0n) is 16.4. The van der Waals surface area contributed by atoms with Crippen LogP contribution >= 0.6 is 23.5 Å². The molecular weight excluding hydrogens is 390 g/mol. The Balaban J connectivity index is 1.41. The molecule has 2 bridgehead atoms. The second-order valence-corrected chi connectivity index (χ2v) is 11.1. The Morgan fingerprint density at radius 1 is 1.18 bits per heavy atom. The number of ether oxygens (including phenoxy) is 1. The Bertz CT molecular complexity index is 716. The topological polar surface area (TPSA) is 55.4 Å². The summed E-state index contributed by atoms with van der Waals surface area (Å²) in [6, 6.07) is 7.11. The van der Waals surface area contributed by atoms with Gasteiger partial charge < -0.3 is 10.1 Å². The largest absolute Gasteiger partial charge is 0.462 e. The van der Waals surface area contributed by atoms with Crippen LogP contribution in [0.15, 0.2) is 24.3 Å². The molecule has 2 saturated carbocycles. The predicted octanol–water partition coefficient (Wildman–Crippen LogP) is 5.19. The number of hydrogen-bond donors (Lipinski definition) is 1. The van der Waals surface area contributed by atoms with E-state index in [9.17, 15) is 9.59 Å². The van der Waals surface area contributed by atoms with E-state index in [1.807, 2.05) is 13.0 Å². The Hall–Kier alpha value is -1.14. The van der Waals surface area contributed by atoms with Gasteiger partial charge in [-0.3, -0.25) is 4.79 Å². The number of anilines is 1. The molecule has 2 atom stereocenters. The lowest BCUT2D eigenvalue weighted by atomic mass is 9.67. The summed E-state index contributed by atoms with van der Waals surface area (Å²) in [5.74, 6) is 3.69. The van der Waals surface area contributed by atoms with E-state index in [1.165, 1.54) is 30.8 Å². The van der Waals surface area contributed by atoms with Gasteiger partial charge in [-0.25, -0.2) is 4.79 Å². The first-order valence-corrected chi connectivity index (χ1v) is 12.5. The van der Waals surface area contributed by atoms with Gasteiger partial charge in [0.1, 0.15) is 0 Å². The van der Waals surface area contributed by atoms with Crippen molar-refractivity contribution in [2.75, 3.05) is 23.4 Å². The van der Waals surface area contributed by atoms with Gasteiger partial charge in [-0.05, 0) is 62.1 Å². The minimum Gasteiger partial charge on any atom is -0.462 e. The van der Waals surface area contributed by atoms with Gasteiger partial charge in [-0.15, -0.1) is 23.5 Å². The summed E-state index contributed by atoms with van der Waals surface area (Å²) in [6.45, 7) is 2.38. The average Bonchev–Trinajstić information content (AvgIpc) is 3.15. The van der Waals surface area contributed by atoms with Gasteiger partial charge in [0, 0.05) is 23.1 Å². The van der Waals surface area contributed by atoms with Crippen LogP contribution < -0.4 is 5.32 Å². The molecule has 1 heterocycles. The first-order valence-electron chi connectivity index (χ1n) is 10.5. The zero-order valence-corrected chi connectivity index (χ0v) is 18.1. The number of amides is 1. The van der Waals surface area contributed by atoms with Crippen LogP contribution in [-0.4, -0.2) is 34.1 Å². The second kappa shape index (κ2) is 8.70. The van der Waals surface area contributed by atoms with Crippen LogP contribution in [0.3, 0.4) is 0 Å². The van der Waals surface area contributed by atoms with E-state index >= 15 is 0 Å². The molecule has 1 N–H and O–H groups in total. The Labute approximate surface area is 175 Å². The molecule has 1 aliphatic heterocycles. The first-order chi connectivity index (χ1) is 13.6. The maximum atomic E-state index is 13.0. The van der Waals surface area contributed by atoms with Crippen molar-refractivity contribution in [2.45, 2.75) is 49.5 Å². The third-order valence-corrected chi connectivity index (χ3v) is 10.3. The predicted molar refractivity (Wildman–Crippen MR) is 117 cm³/mol. The van der Waals surface area contributed by atoms with Gasteiger partial charge in [-0.1, -0.05) is 19.4 Å². The third kappa shape index (κ3) is 3.95. The highest BCUT2D eigenvalue weighted by molar-refractivity contribution is 8.21. The fourth-order valence-corrected chi connectivity index (χ4v) is 9.01. The molecule has 0 aromatic heterocycles. The Morgan fingerprint density at radius 3 is 2.57 bits per heavy atom. The summed E-state index contributed by atoms with van der Waals surface area (Å²) in [7, 11) is 0. The fraction of sp³-hybridized carbons (Fsp3) is 0.636. The molecule has 0 radical (unpaired) electrons. The van der Waals surface area contributed by atoms with Gasteiger partial charge in [0.25, 0.3) is 0 Å². The van der Waals surface area contributed by atoms with E-state index in [4.69, 9.17) is 4.74 Å². The molecule has 2 unspecified atom stereocenters. The lowest BCUT2D eigenvalue weighted by Gasteiger charge is -2.52. The number of thioether (sulfide) groups is 2. The van der Waals surface area contributed by atoms with Crippen LogP contribution in [0, 0.1) is 17.8 Å². The summed E-state index contributed by atoms with van der Waals surface area (Å²) >= 11 is 4.33. The van der Waals surface area contributed by atoms with Crippen molar-refractivity contribution < 1.29 is 14.3 Å². The number of rotatable bonds is 5. The van der Waals surface area contributed by atoms with Gasteiger partial charge in [0.2, 0.25) is 5.91 Å². The highest BCUT2D eigenvalue weighted by atomic mass is 32.2. The summed E-state index contributed by atoms with van der Waals surface area (Å²) < 4.78 is 5.59. The highest BCUT2D eigenvalue weighted by Gasteiger charge is 2.55. The van der Waals surface area contributed by atoms with Gasteiger partial charge in [-0.2, -0.15) is 0 Å². The molecule has 1 amide bonds. The normalized spacial score (nSPS) is 28.1. The highest BCUT2D eigenvalue weighted by Crippen LogP contribution is 2.64. The zero-order chi connectivity index (χ0) is 19.6. The minimum absolute atomic E-state index is 0.0819. The van der Waals surface area contributed by atoms with Crippen molar-refractivity contribution in [3.63, 3.8) is 0 Å². The summed E-state index contributed by atoms with van der Waals surface area (Å²) in [6.07, 6.45) is 6.64. The molecule has 4 nitrogen and oxygen atoms in total. The number of hydrogen-bond acceptors (Lipinski definition) is 5. The Kier molecular flexibility index (Phi) is 6.26. The van der Waals surface area contributed by atoms with E-state index in [2.05, 4.69) is 28.8 Å². The molecular formula is C22H29NO3S2. The van der Waals surface area contributed by atoms with Crippen molar-refractivity contribution >= 4 is 41.1 Å². The van der Waals surface area contributed by atoms with Crippen LogP contribution in [0.2, 0.25) is 0 Å². The van der Waals surface area contributed by atoms with Gasteiger partial charge in [0.15, 0.2) is 0 Å². The molecule has 1 aromatic carbocycles. The number of nitrogens with one attached hydrogen (secondary N) is 1. The monoisotopic (exact) mass is 419 g/mol. The molecule has 2 aliphatic carbocycles. The molecule has 28 heavy (non-hydrogen) atoms. The van der Waals surface area contributed by atoms with Crippen molar-refractivity contribution in [1.29, 1.82) is 0 Å². The molecule has 152 valence electrons. The SMILES string of the molecule is CCCOC(=O)c1cccc(NC(=O)C2CC3CCCC(C2)C32SCCS2)c1. The molecule has 1 aromatic rings. The van der Waals surface area contributed by atoms with Crippen LogP contribution in [0.25, 0.3) is 0 Å². The van der Waals surface area contributed by atoms with Crippen LogP contribution in [0.4, 0.5) is 5.69 Å². The van der Waals surface area contributed by atoms with E-state index in [1.54, 1.807) is 18.2 Å². The van der Waals surface area contributed by atoms with Crippen LogP contribution in [0.1, 0.15) is 55.8 Å². The number of carbonyl (C=O) groups is 2. The van der Waals surface area contributed by atoms with E-state index in [-0.39, 0.29) is 17.8 Å². The van der Waals surface area contributed by atoms with Crippen molar-refractivity contribution in [3.8, 4) is 0 Å². The average molecular weight is 420 g/mol. The van der Waals surface area contributed by atoms with Crippen LogP contribution in [0.5, 0.6) is 0 Å². The van der Waals surface area contributed by atoms with Crippen molar-refractivity contribution in [1.82, 2.24) is 0 Å². The Morgan fingerprint density at radius 2 is 1.89 bits per heavy atom. The summed E-state index contributed by atoms with van der Waals surface area (Å²) in [4.78, 5) is 25.1. The third-order valence-electron chi connectivity index (χ3n) is 6.29. The number of carbonyl (C=O) groups excluding carboxylic acids is 2. The van der Waals surface area contributed by atoms with E-state index in [0.29, 0.717) is 33.8 Å². The van der Waals surface area contributed by atoms with E-state index in [0.717, 1.165) is 19.3 Å². The maximum Gasteiger partial charge on any atom is 0.338 e. The number of benzene rings is 1. The smallest absolute Gasteiger partial charge is 0.338 e. The second-order valence-electron chi connectivity index (χ2n) is 8.12. The molecule has 4 rings (SSSR count). The first kappa shape index (κ1) is 20.1. The minimum atomic E-state index is -0.331. The lowest BCUT2D eigenvalue weighted by molar-refractivity contribution is -0.122. The molecule has 1 spiro atoms. The molecule has 3 fully saturated rings. The van der Waals surface area contributed by atoms with Gasteiger partial charge in [0.05, 0.1) is 16.2 Å². The van der Waals surface area contributed by atoms with Crippen molar-refractivity contribution in [2.24, 2.45) is 17.8 Å². The quantitative estimate of drug-likeness (QED) is 0.665. The molecule has 6 heteroatoms. The molecule has 1 saturated heterocycles.